The average Bonchev–Trinajstić information content (AvgIpc) is 2.27. The highest BCUT2D eigenvalue weighted by atomic mass is 79.9. The third kappa shape index (κ3) is 3.20. The Bertz CT molecular complexity index is 340. The highest BCUT2D eigenvalue weighted by molar-refractivity contribution is 9.10. The fraction of sp³-hybridized carbons (Fsp3) is 0.500. The summed E-state index contributed by atoms with van der Waals surface area (Å²) in [5.41, 5.74) is 7.07. The average molecular weight is 306 g/mol. The molecule has 0 saturated carbocycles. The van der Waals surface area contributed by atoms with Crippen molar-refractivity contribution in [2.45, 2.75) is 19.9 Å². The van der Waals surface area contributed by atoms with E-state index < -0.39 is 0 Å². The number of nitrogens with zero attached hydrogens (tertiary/aromatic N) is 1. The van der Waals surface area contributed by atoms with Crippen LogP contribution >= 0.6 is 27.5 Å². The molecule has 1 aromatic carbocycles. The molecule has 0 spiro atoms. The summed E-state index contributed by atoms with van der Waals surface area (Å²) in [7, 11) is 0. The summed E-state index contributed by atoms with van der Waals surface area (Å²) in [6, 6.07) is 6.13. The Morgan fingerprint density at radius 3 is 2.44 bits per heavy atom. The van der Waals surface area contributed by atoms with Crippen LogP contribution in [0.2, 0.25) is 5.02 Å². The zero-order valence-electron chi connectivity index (χ0n) is 9.71. The van der Waals surface area contributed by atoms with E-state index in [1.54, 1.807) is 0 Å². The minimum atomic E-state index is 0.252. The van der Waals surface area contributed by atoms with E-state index in [-0.39, 0.29) is 6.04 Å². The number of hydrogen-bond donors (Lipinski definition) is 1. The summed E-state index contributed by atoms with van der Waals surface area (Å²) in [6.07, 6.45) is 0. The van der Waals surface area contributed by atoms with Crippen molar-refractivity contribution in [2.24, 2.45) is 5.73 Å². The topological polar surface area (TPSA) is 29.3 Å². The summed E-state index contributed by atoms with van der Waals surface area (Å²) < 4.78 is 1.03. The quantitative estimate of drug-likeness (QED) is 0.903. The third-order valence-corrected chi connectivity index (χ3v) is 3.72. The van der Waals surface area contributed by atoms with Crippen LogP contribution in [0.25, 0.3) is 0 Å². The second kappa shape index (κ2) is 6.60. The van der Waals surface area contributed by atoms with E-state index in [1.165, 1.54) is 5.56 Å². The Balaban J connectivity index is 3.03. The first-order valence-electron chi connectivity index (χ1n) is 5.53. The lowest BCUT2D eigenvalue weighted by atomic mass is 10.1. The first-order valence-corrected chi connectivity index (χ1v) is 6.70. The van der Waals surface area contributed by atoms with Gasteiger partial charge in [-0.25, -0.2) is 0 Å². The number of likely N-dealkylation sites (N-methyl/N-ethyl adjacent to an activating group) is 1. The molecule has 0 aromatic heterocycles. The molecule has 0 radical (unpaired) electrons. The molecule has 4 heteroatoms. The molecule has 90 valence electrons. The second-order valence-electron chi connectivity index (χ2n) is 3.64. The molecule has 0 aliphatic carbocycles. The number of hydrogen-bond acceptors (Lipinski definition) is 2. The largest absolute Gasteiger partial charge is 0.329 e. The van der Waals surface area contributed by atoms with Crippen molar-refractivity contribution >= 4 is 27.5 Å². The van der Waals surface area contributed by atoms with Crippen LogP contribution in [0.4, 0.5) is 0 Å². The Morgan fingerprint density at radius 1 is 1.38 bits per heavy atom. The normalized spacial score (nSPS) is 13.1. The molecule has 0 aliphatic heterocycles. The Labute approximate surface area is 111 Å². The standard InChI is InChI=1S/C12H18BrClN2/c1-3-16(4-2)12(8-15)10-6-5-9(14)7-11(10)13/h5-7,12H,3-4,8,15H2,1-2H3. The van der Waals surface area contributed by atoms with Crippen molar-refractivity contribution in [1.29, 1.82) is 0 Å². The number of benzene rings is 1. The summed E-state index contributed by atoms with van der Waals surface area (Å²) in [5, 5.41) is 0.742. The molecule has 1 unspecified atom stereocenters. The van der Waals surface area contributed by atoms with Crippen molar-refractivity contribution < 1.29 is 0 Å². The lowest BCUT2D eigenvalue weighted by Gasteiger charge is -2.29. The second-order valence-corrected chi connectivity index (χ2v) is 4.93. The van der Waals surface area contributed by atoms with Crippen LogP contribution in [0.15, 0.2) is 22.7 Å². The lowest BCUT2D eigenvalue weighted by Crippen LogP contribution is -2.33. The van der Waals surface area contributed by atoms with Crippen LogP contribution in [0.1, 0.15) is 25.5 Å². The predicted molar refractivity (Wildman–Crippen MR) is 73.9 cm³/mol. The predicted octanol–water partition coefficient (Wildman–Crippen LogP) is 3.44. The molecule has 16 heavy (non-hydrogen) atoms. The van der Waals surface area contributed by atoms with Crippen LogP contribution in [0.3, 0.4) is 0 Å². The van der Waals surface area contributed by atoms with Gasteiger partial charge in [-0.15, -0.1) is 0 Å². The van der Waals surface area contributed by atoms with Gasteiger partial charge in [-0.3, -0.25) is 4.90 Å². The molecule has 1 rings (SSSR count). The number of halogens is 2. The Hall–Kier alpha value is -0.0900. The van der Waals surface area contributed by atoms with Gasteiger partial charge < -0.3 is 5.73 Å². The maximum atomic E-state index is 5.94. The fourth-order valence-electron chi connectivity index (χ4n) is 1.91. The molecule has 0 amide bonds. The minimum Gasteiger partial charge on any atom is -0.329 e. The zero-order chi connectivity index (χ0) is 12.1. The van der Waals surface area contributed by atoms with Crippen LogP contribution in [0.5, 0.6) is 0 Å². The fourth-order valence-corrected chi connectivity index (χ4v) is 2.86. The minimum absolute atomic E-state index is 0.252. The van der Waals surface area contributed by atoms with Gasteiger partial charge in [-0.1, -0.05) is 47.4 Å². The van der Waals surface area contributed by atoms with E-state index in [1.807, 2.05) is 18.2 Å². The molecular formula is C12H18BrClN2. The molecule has 0 fully saturated rings. The number of nitrogens with two attached hydrogens (primary N) is 1. The first-order chi connectivity index (χ1) is 7.63. The van der Waals surface area contributed by atoms with Gasteiger partial charge >= 0.3 is 0 Å². The monoisotopic (exact) mass is 304 g/mol. The van der Waals surface area contributed by atoms with E-state index in [9.17, 15) is 0 Å². The maximum Gasteiger partial charge on any atom is 0.0481 e. The van der Waals surface area contributed by atoms with E-state index in [4.69, 9.17) is 17.3 Å². The summed E-state index contributed by atoms with van der Waals surface area (Å²) in [6.45, 7) is 6.90. The van der Waals surface area contributed by atoms with E-state index in [0.717, 1.165) is 22.6 Å². The van der Waals surface area contributed by atoms with Gasteiger partial charge in [0.2, 0.25) is 0 Å². The molecule has 0 aliphatic rings. The SMILES string of the molecule is CCN(CC)C(CN)c1ccc(Cl)cc1Br. The molecule has 2 nitrogen and oxygen atoms in total. The van der Waals surface area contributed by atoms with Gasteiger partial charge in [0.25, 0.3) is 0 Å². The van der Waals surface area contributed by atoms with Crippen molar-refractivity contribution in [3.63, 3.8) is 0 Å². The van der Waals surface area contributed by atoms with Crippen molar-refractivity contribution in [3.8, 4) is 0 Å². The Morgan fingerprint density at radius 2 is 2.00 bits per heavy atom. The molecule has 2 N–H and O–H groups in total. The van der Waals surface area contributed by atoms with Crippen LogP contribution in [-0.2, 0) is 0 Å². The zero-order valence-corrected chi connectivity index (χ0v) is 12.1. The smallest absolute Gasteiger partial charge is 0.0481 e. The van der Waals surface area contributed by atoms with Crippen LogP contribution in [-0.4, -0.2) is 24.5 Å². The highest BCUT2D eigenvalue weighted by Gasteiger charge is 2.18. The van der Waals surface area contributed by atoms with Crippen molar-refractivity contribution in [1.82, 2.24) is 4.90 Å². The summed E-state index contributed by atoms with van der Waals surface area (Å²) in [4.78, 5) is 2.34. The van der Waals surface area contributed by atoms with Gasteiger partial charge in [-0.2, -0.15) is 0 Å². The molecule has 1 atom stereocenters. The molecule has 0 bridgehead atoms. The first kappa shape index (κ1) is 14.0. The third-order valence-electron chi connectivity index (χ3n) is 2.80. The van der Waals surface area contributed by atoms with Gasteiger partial charge in [0, 0.05) is 22.1 Å². The van der Waals surface area contributed by atoms with Gasteiger partial charge in [0.1, 0.15) is 0 Å². The van der Waals surface area contributed by atoms with Gasteiger partial charge in [0.05, 0.1) is 0 Å². The molecular weight excluding hydrogens is 288 g/mol. The molecule has 1 aromatic rings. The Kier molecular flexibility index (Phi) is 5.76. The van der Waals surface area contributed by atoms with Crippen LogP contribution in [0, 0.1) is 0 Å². The van der Waals surface area contributed by atoms with Crippen molar-refractivity contribution in [2.75, 3.05) is 19.6 Å². The van der Waals surface area contributed by atoms with Gasteiger partial charge in [-0.05, 0) is 30.8 Å². The summed E-state index contributed by atoms with van der Waals surface area (Å²) >= 11 is 9.49. The van der Waals surface area contributed by atoms with E-state index in [2.05, 4.69) is 34.7 Å². The lowest BCUT2D eigenvalue weighted by molar-refractivity contribution is 0.223. The maximum absolute atomic E-state index is 5.94. The van der Waals surface area contributed by atoms with Gasteiger partial charge in [0.15, 0.2) is 0 Å². The number of rotatable bonds is 5. The summed E-state index contributed by atoms with van der Waals surface area (Å²) in [5.74, 6) is 0. The van der Waals surface area contributed by atoms with Crippen molar-refractivity contribution in [3.05, 3.63) is 33.3 Å². The highest BCUT2D eigenvalue weighted by Crippen LogP contribution is 2.29. The molecule has 0 heterocycles. The van der Waals surface area contributed by atoms with E-state index >= 15 is 0 Å². The van der Waals surface area contributed by atoms with Crippen LogP contribution < -0.4 is 5.73 Å². The molecule has 0 saturated heterocycles. The van der Waals surface area contributed by atoms with E-state index in [0.29, 0.717) is 6.54 Å².